The first kappa shape index (κ1) is 18.6. The normalized spacial score (nSPS) is 11.0. The van der Waals surface area contributed by atoms with Crippen molar-refractivity contribution in [3.63, 3.8) is 0 Å². The maximum atomic E-state index is 12.2. The average Bonchev–Trinajstić information content (AvgIpc) is 2.72. The summed E-state index contributed by atoms with van der Waals surface area (Å²) in [6, 6.07) is 24.6. The molecule has 7 heteroatoms. The number of hydrazine groups is 1. The van der Waals surface area contributed by atoms with Gasteiger partial charge in [-0.2, -0.15) is 0 Å². The van der Waals surface area contributed by atoms with Crippen LogP contribution in [0.15, 0.2) is 89.8 Å². The molecule has 3 rings (SSSR count). The van der Waals surface area contributed by atoms with Crippen LogP contribution in [0.4, 0.5) is 5.69 Å². The number of rotatable bonds is 7. The topological polar surface area (TPSA) is 87.3 Å². The SMILES string of the molecule is O=C(NNS(=O)(=O)c1ccccc1)c1ccc(NCc2ccccc2)cc1. The van der Waals surface area contributed by atoms with Crippen molar-refractivity contribution >= 4 is 21.6 Å². The van der Waals surface area contributed by atoms with Gasteiger partial charge in [0.15, 0.2) is 0 Å². The van der Waals surface area contributed by atoms with Crippen molar-refractivity contribution in [2.45, 2.75) is 11.4 Å². The quantitative estimate of drug-likeness (QED) is 0.549. The number of anilines is 1. The third-order valence-electron chi connectivity index (χ3n) is 3.84. The first-order valence-corrected chi connectivity index (χ1v) is 9.78. The fourth-order valence-corrected chi connectivity index (χ4v) is 3.24. The van der Waals surface area contributed by atoms with Crippen molar-refractivity contribution in [1.82, 2.24) is 10.3 Å². The molecule has 0 aliphatic carbocycles. The number of amides is 1. The molecule has 0 unspecified atom stereocenters. The molecule has 0 fully saturated rings. The van der Waals surface area contributed by atoms with Crippen LogP contribution in [0.3, 0.4) is 0 Å². The van der Waals surface area contributed by atoms with E-state index in [9.17, 15) is 13.2 Å². The molecule has 3 aromatic carbocycles. The molecule has 138 valence electrons. The lowest BCUT2D eigenvalue weighted by Crippen LogP contribution is -2.41. The first-order chi connectivity index (χ1) is 13.0. The van der Waals surface area contributed by atoms with Crippen molar-refractivity contribution in [2.24, 2.45) is 0 Å². The van der Waals surface area contributed by atoms with Gasteiger partial charge in [-0.3, -0.25) is 10.2 Å². The number of carbonyl (C=O) groups is 1. The van der Waals surface area contributed by atoms with Gasteiger partial charge >= 0.3 is 0 Å². The van der Waals surface area contributed by atoms with Crippen LogP contribution in [0.2, 0.25) is 0 Å². The zero-order valence-corrected chi connectivity index (χ0v) is 15.2. The monoisotopic (exact) mass is 381 g/mol. The van der Waals surface area contributed by atoms with Gasteiger partial charge in [-0.1, -0.05) is 48.5 Å². The van der Waals surface area contributed by atoms with Crippen LogP contribution in [-0.4, -0.2) is 14.3 Å². The summed E-state index contributed by atoms with van der Waals surface area (Å²) < 4.78 is 24.2. The molecule has 0 aliphatic heterocycles. The number of nitrogens with one attached hydrogen (secondary N) is 3. The van der Waals surface area contributed by atoms with Gasteiger partial charge in [-0.25, -0.2) is 8.42 Å². The van der Waals surface area contributed by atoms with Crippen LogP contribution < -0.4 is 15.6 Å². The van der Waals surface area contributed by atoms with Crippen molar-refractivity contribution in [2.75, 3.05) is 5.32 Å². The van der Waals surface area contributed by atoms with Gasteiger partial charge in [-0.15, -0.1) is 4.83 Å². The van der Waals surface area contributed by atoms with Gasteiger partial charge in [0.25, 0.3) is 15.9 Å². The van der Waals surface area contributed by atoms with Gasteiger partial charge in [0.2, 0.25) is 0 Å². The lowest BCUT2D eigenvalue weighted by molar-refractivity contribution is 0.0945. The minimum Gasteiger partial charge on any atom is -0.381 e. The van der Waals surface area contributed by atoms with Gasteiger partial charge < -0.3 is 5.32 Å². The molecule has 3 N–H and O–H groups in total. The Morgan fingerprint density at radius 2 is 1.37 bits per heavy atom. The molecule has 0 aliphatic rings. The zero-order valence-electron chi connectivity index (χ0n) is 14.4. The first-order valence-electron chi connectivity index (χ1n) is 8.30. The van der Waals surface area contributed by atoms with E-state index in [4.69, 9.17) is 0 Å². The second-order valence-electron chi connectivity index (χ2n) is 5.79. The van der Waals surface area contributed by atoms with Crippen LogP contribution in [0.25, 0.3) is 0 Å². The Morgan fingerprint density at radius 3 is 2.00 bits per heavy atom. The molecule has 1 amide bonds. The number of hydrogen-bond donors (Lipinski definition) is 3. The second-order valence-corrected chi connectivity index (χ2v) is 7.47. The molecule has 0 spiro atoms. The van der Waals surface area contributed by atoms with Crippen molar-refractivity contribution < 1.29 is 13.2 Å². The summed E-state index contributed by atoms with van der Waals surface area (Å²) >= 11 is 0. The highest BCUT2D eigenvalue weighted by Gasteiger charge is 2.15. The molecule has 0 aromatic heterocycles. The van der Waals surface area contributed by atoms with Crippen LogP contribution in [0.1, 0.15) is 15.9 Å². The summed E-state index contributed by atoms with van der Waals surface area (Å²) in [4.78, 5) is 14.3. The van der Waals surface area contributed by atoms with Gasteiger partial charge in [0.1, 0.15) is 0 Å². The Morgan fingerprint density at radius 1 is 0.778 bits per heavy atom. The van der Waals surface area contributed by atoms with Gasteiger partial charge in [-0.05, 0) is 42.0 Å². The summed E-state index contributed by atoms with van der Waals surface area (Å²) in [5.74, 6) is -0.538. The van der Waals surface area contributed by atoms with Crippen LogP contribution >= 0.6 is 0 Å². The molecule has 0 saturated heterocycles. The third-order valence-corrected chi connectivity index (χ3v) is 5.10. The molecule has 0 bridgehead atoms. The highest BCUT2D eigenvalue weighted by atomic mass is 32.2. The largest absolute Gasteiger partial charge is 0.381 e. The molecule has 27 heavy (non-hydrogen) atoms. The van der Waals surface area contributed by atoms with Crippen molar-refractivity contribution in [3.05, 3.63) is 96.1 Å². The second kappa shape index (κ2) is 8.48. The number of benzene rings is 3. The average molecular weight is 381 g/mol. The smallest absolute Gasteiger partial charge is 0.266 e. The maximum Gasteiger partial charge on any atom is 0.266 e. The number of sulfonamides is 1. The molecule has 3 aromatic rings. The lowest BCUT2D eigenvalue weighted by atomic mass is 10.2. The summed E-state index contributed by atoms with van der Waals surface area (Å²) in [5.41, 5.74) is 4.57. The van der Waals surface area contributed by atoms with E-state index in [0.29, 0.717) is 12.1 Å². The standard InChI is InChI=1S/C20H19N3O3S/c24-20(22-23-27(25,26)19-9-5-2-6-10-19)17-11-13-18(14-12-17)21-15-16-7-3-1-4-8-16/h1-14,21,23H,15H2,(H,22,24). The molecule has 0 atom stereocenters. The molecule has 6 nitrogen and oxygen atoms in total. The number of carbonyl (C=O) groups excluding carboxylic acids is 1. The predicted octanol–water partition coefficient (Wildman–Crippen LogP) is 2.92. The number of hydrogen-bond acceptors (Lipinski definition) is 4. The summed E-state index contributed by atoms with van der Waals surface area (Å²) in [6.45, 7) is 0.670. The summed E-state index contributed by atoms with van der Waals surface area (Å²) in [7, 11) is -3.81. The summed E-state index contributed by atoms with van der Waals surface area (Å²) in [5, 5.41) is 3.26. The van der Waals surface area contributed by atoms with Gasteiger partial charge in [0, 0.05) is 17.8 Å². The van der Waals surface area contributed by atoms with Crippen LogP contribution in [0.5, 0.6) is 0 Å². The minimum absolute atomic E-state index is 0.0748. The van der Waals surface area contributed by atoms with E-state index in [0.717, 1.165) is 11.3 Å². The highest BCUT2D eigenvalue weighted by molar-refractivity contribution is 7.89. The molecule has 0 heterocycles. The third kappa shape index (κ3) is 5.16. The van der Waals surface area contributed by atoms with E-state index < -0.39 is 15.9 Å². The van der Waals surface area contributed by atoms with E-state index >= 15 is 0 Å². The fraction of sp³-hybridized carbons (Fsp3) is 0.0500. The Hall–Kier alpha value is -3.16. The molecule has 0 saturated carbocycles. The highest BCUT2D eigenvalue weighted by Crippen LogP contribution is 2.12. The summed E-state index contributed by atoms with van der Waals surface area (Å²) in [6.07, 6.45) is 0. The van der Waals surface area contributed by atoms with E-state index in [1.807, 2.05) is 30.3 Å². The maximum absolute atomic E-state index is 12.2. The zero-order chi connectivity index (χ0) is 19.1. The van der Waals surface area contributed by atoms with E-state index in [1.54, 1.807) is 42.5 Å². The fourth-order valence-electron chi connectivity index (χ4n) is 2.38. The Bertz CT molecular complexity index is 990. The van der Waals surface area contributed by atoms with E-state index in [-0.39, 0.29) is 4.90 Å². The lowest BCUT2D eigenvalue weighted by Gasteiger charge is -2.10. The molecular weight excluding hydrogens is 362 g/mol. The molecule has 0 radical (unpaired) electrons. The minimum atomic E-state index is -3.81. The molecular formula is C20H19N3O3S. The van der Waals surface area contributed by atoms with Crippen LogP contribution in [0, 0.1) is 0 Å². The van der Waals surface area contributed by atoms with Gasteiger partial charge in [0.05, 0.1) is 4.90 Å². The van der Waals surface area contributed by atoms with E-state index in [2.05, 4.69) is 15.6 Å². The van der Waals surface area contributed by atoms with Crippen molar-refractivity contribution in [3.8, 4) is 0 Å². The Balaban J connectivity index is 1.56. The van der Waals surface area contributed by atoms with Crippen LogP contribution in [-0.2, 0) is 16.6 Å². The Labute approximate surface area is 158 Å². The van der Waals surface area contributed by atoms with E-state index in [1.165, 1.54) is 12.1 Å². The Kier molecular flexibility index (Phi) is 5.85. The van der Waals surface area contributed by atoms with Crippen molar-refractivity contribution in [1.29, 1.82) is 0 Å². The predicted molar refractivity (Wildman–Crippen MR) is 104 cm³/mol.